The van der Waals surface area contributed by atoms with Gasteiger partial charge >= 0.3 is 17.8 Å². The molecule has 0 saturated carbocycles. The molecule has 2 aliphatic heterocycles. The second-order valence-corrected chi connectivity index (χ2v) is 12.2. The van der Waals surface area contributed by atoms with Gasteiger partial charge in [0.05, 0.1) is 18.8 Å². The smallest absolute Gasteiger partial charge is 0.441 e. The van der Waals surface area contributed by atoms with E-state index in [-0.39, 0.29) is 41.0 Å². The number of hydrogen-bond donors (Lipinski definition) is 1. The molecule has 0 atom stereocenters. The van der Waals surface area contributed by atoms with Crippen LogP contribution in [0.2, 0.25) is 0 Å². The highest BCUT2D eigenvalue weighted by atomic mass is 32.2. The zero-order chi connectivity index (χ0) is 30.1. The number of nitrogens with one attached hydrogen (secondary N) is 1. The molecule has 0 radical (unpaired) electrons. The van der Waals surface area contributed by atoms with Crippen molar-refractivity contribution in [3.8, 4) is 11.1 Å². The Balaban J connectivity index is 1.16. The van der Waals surface area contributed by atoms with Gasteiger partial charge in [0.2, 0.25) is 5.91 Å². The summed E-state index contributed by atoms with van der Waals surface area (Å²) in [4.78, 5) is 28.1. The zero-order valence-electron chi connectivity index (χ0n) is 21.9. The molecule has 1 N–H and O–H groups in total. The number of carbonyl (C=O) groups is 2. The number of nitrogens with zero attached hydrogens (tertiary/aromatic N) is 2. The molecule has 2 amide bonds. The molecule has 0 unspecified atom stereocenters. The van der Waals surface area contributed by atoms with Crippen LogP contribution in [0.3, 0.4) is 0 Å². The maximum Gasteiger partial charge on any atom is 0.446 e. The van der Waals surface area contributed by atoms with Crippen LogP contribution in [0.15, 0.2) is 64.9 Å². The number of benzene rings is 2. The molecule has 2 fully saturated rings. The first-order valence-corrected chi connectivity index (χ1v) is 14.6. The molecular weight excluding hydrogens is 604 g/mol. The highest BCUT2D eigenvalue weighted by Crippen LogP contribution is 2.45. The normalized spacial score (nSPS) is 17.5. The fourth-order valence-electron chi connectivity index (χ4n) is 5.15. The fraction of sp³-hybridized carbons (Fsp3) is 0.357. The van der Waals surface area contributed by atoms with Gasteiger partial charge < -0.3 is 10.1 Å². The number of hydrogen-bond acceptors (Lipinski definition) is 6. The SMILES string of the molecule is O=C(CN1CCC2(CC1)CN(Cc1ccc(SC(F)(F)F)cc1)C(=O)O2)Nc1csc(C(F)(F)F)c1-c1ccccc1. The van der Waals surface area contributed by atoms with Crippen molar-refractivity contribution >= 4 is 40.8 Å². The van der Waals surface area contributed by atoms with Crippen LogP contribution < -0.4 is 5.32 Å². The van der Waals surface area contributed by atoms with Gasteiger partial charge in [-0.1, -0.05) is 42.5 Å². The number of thiophene rings is 1. The van der Waals surface area contributed by atoms with Gasteiger partial charge in [0.1, 0.15) is 10.5 Å². The Morgan fingerprint density at radius 1 is 1.00 bits per heavy atom. The third kappa shape index (κ3) is 7.21. The van der Waals surface area contributed by atoms with E-state index in [4.69, 9.17) is 4.74 Å². The van der Waals surface area contributed by atoms with E-state index >= 15 is 0 Å². The quantitative estimate of drug-likeness (QED) is 0.217. The summed E-state index contributed by atoms with van der Waals surface area (Å²) in [7, 11) is 0. The molecule has 2 aliphatic rings. The fourth-order valence-corrected chi connectivity index (χ4v) is 6.58. The van der Waals surface area contributed by atoms with Crippen molar-refractivity contribution in [3.05, 3.63) is 70.4 Å². The molecule has 1 aromatic heterocycles. The van der Waals surface area contributed by atoms with Gasteiger partial charge in [0, 0.05) is 48.3 Å². The van der Waals surface area contributed by atoms with Gasteiger partial charge in [-0.3, -0.25) is 14.6 Å². The first-order chi connectivity index (χ1) is 19.8. The van der Waals surface area contributed by atoms with Gasteiger partial charge in [-0.05, 0) is 35.0 Å². The Morgan fingerprint density at radius 2 is 1.67 bits per heavy atom. The molecule has 0 aliphatic carbocycles. The van der Waals surface area contributed by atoms with Crippen molar-refractivity contribution in [2.24, 2.45) is 0 Å². The molecule has 6 nitrogen and oxygen atoms in total. The van der Waals surface area contributed by atoms with Crippen LogP contribution in [0.4, 0.5) is 36.8 Å². The molecule has 3 heterocycles. The minimum atomic E-state index is -4.57. The maximum atomic E-state index is 13.7. The molecule has 5 rings (SSSR count). The summed E-state index contributed by atoms with van der Waals surface area (Å²) in [5.41, 5.74) is -4.07. The number of piperidine rings is 1. The first kappa shape index (κ1) is 30.2. The second kappa shape index (κ2) is 11.8. The minimum Gasteiger partial charge on any atom is -0.441 e. The minimum absolute atomic E-state index is 0.0402. The van der Waals surface area contributed by atoms with Gasteiger partial charge in [0.15, 0.2) is 0 Å². The second-order valence-electron chi connectivity index (χ2n) is 10.1. The van der Waals surface area contributed by atoms with Gasteiger partial charge in [-0.2, -0.15) is 26.3 Å². The third-order valence-electron chi connectivity index (χ3n) is 7.09. The van der Waals surface area contributed by atoms with Crippen LogP contribution in [0.5, 0.6) is 0 Å². The largest absolute Gasteiger partial charge is 0.446 e. The van der Waals surface area contributed by atoms with E-state index in [0.29, 0.717) is 54.9 Å². The summed E-state index contributed by atoms with van der Waals surface area (Å²) in [6.07, 6.45) is -4.17. The van der Waals surface area contributed by atoms with Crippen molar-refractivity contribution < 1.29 is 40.7 Å². The van der Waals surface area contributed by atoms with E-state index in [1.165, 1.54) is 22.4 Å². The van der Waals surface area contributed by atoms with Crippen LogP contribution >= 0.6 is 23.1 Å². The number of carbonyl (C=O) groups excluding carboxylic acids is 2. The number of amides is 2. The number of alkyl halides is 6. The average Bonchev–Trinajstić information content (AvgIpc) is 3.47. The summed E-state index contributed by atoms with van der Waals surface area (Å²) >= 11 is 0.323. The van der Waals surface area contributed by atoms with Crippen LogP contribution in [0.25, 0.3) is 11.1 Å². The summed E-state index contributed by atoms with van der Waals surface area (Å²) in [5, 5.41) is 3.94. The Hall–Kier alpha value is -3.23. The molecule has 2 aromatic carbocycles. The number of rotatable bonds is 7. The number of thioether (sulfide) groups is 1. The molecule has 2 saturated heterocycles. The van der Waals surface area contributed by atoms with E-state index in [2.05, 4.69) is 5.32 Å². The Bertz CT molecular complexity index is 1420. The number of halogens is 6. The lowest BCUT2D eigenvalue weighted by Gasteiger charge is -2.37. The van der Waals surface area contributed by atoms with E-state index in [0.717, 1.165) is 0 Å². The zero-order valence-corrected chi connectivity index (χ0v) is 23.6. The van der Waals surface area contributed by atoms with Crippen LogP contribution in [-0.2, 0) is 22.3 Å². The lowest BCUT2D eigenvalue weighted by molar-refractivity contribution is -0.133. The van der Waals surface area contributed by atoms with Crippen LogP contribution in [0, 0.1) is 0 Å². The predicted octanol–water partition coefficient (Wildman–Crippen LogP) is 7.47. The van der Waals surface area contributed by atoms with Crippen molar-refractivity contribution in [1.29, 1.82) is 0 Å². The van der Waals surface area contributed by atoms with Crippen molar-refractivity contribution in [3.63, 3.8) is 0 Å². The molecule has 14 heteroatoms. The molecule has 224 valence electrons. The molecule has 42 heavy (non-hydrogen) atoms. The molecule has 3 aromatic rings. The standard InChI is InChI=1S/C28H25F6N3O3S2/c29-27(30,31)24-23(19-4-2-1-3-5-19)21(16-41-24)35-22(38)15-36-12-10-26(11-13-36)17-37(25(39)40-26)14-18-6-8-20(9-7-18)42-28(32,33)34/h1-9,16H,10-15,17H2,(H,35,38). The van der Waals surface area contributed by atoms with E-state index < -0.39 is 34.2 Å². The third-order valence-corrected chi connectivity index (χ3v) is 8.86. The molecule has 1 spiro atoms. The maximum absolute atomic E-state index is 13.7. The number of likely N-dealkylation sites (tertiary alicyclic amines) is 1. The highest BCUT2D eigenvalue weighted by molar-refractivity contribution is 8.00. The van der Waals surface area contributed by atoms with Gasteiger partial charge in [-0.15, -0.1) is 11.3 Å². The van der Waals surface area contributed by atoms with E-state index in [1.54, 1.807) is 42.5 Å². The summed E-state index contributed by atoms with van der Waals surface area (Å²) in [6.45, 7) is 1.32. The lowest BCUT2D eigenvalue weighted by Crippen LogP contribution is -2.48. The van der Waals surface area contributed by atoms with Crippen LogP contribution in [-0.4, -0.2) is 59.1 Å². The van der Waals surface area contributed by atoms with Gasteiger partial charge in [-0.25, -0.2) is 4.79 Å². The average molecular weight is 630 g/mol. The Kier molecular flexibility index (Phi) is 8.50. The number of anilines is 1. The lowest BCUT2D eigenvalue weighted by atomic mass is 9.91. The van der Waals surface area contributed by atoms with E-state index in [9.17, 15) is 35.9 Å². The monoisotopic (exact) mass is 629 g/mol. The highest BCUT2D eigenvalue weighted by Gasteiger charge is 2.47. The summed E-state index contributed by atoms with van der Waals surface area (Å²) in [6, 6.07) is 13.9. The topological polar surface area (TPSA) is 61.9 Å². The Morgan fingerprint density at radius 3 is 2.29 bits per heavy atom. The van der Waals surface area contributed by atoms with Crippen molar-refractivity contribution in [2.45, 2.75) is 41.6 Å². The van der Waals surface area contributed by atoms with E-state index in [1.807, 2.05) is 4.90 Å². The van der Waals surface area contributed by atoms with Crippen molar-refractivity contribution in [2.75, 3.05) is 31.5 Å². The van der Waals surface area contributed by atoms with Crippen molar-refractivity contribution in [1.82, 2.24) is 9.80 Å². The number of ether oxygens (including phenoxy) is 1. The first-order valence-electron chi connectivity index (χ1n) is 12.9. The van der Waals surface area contributed by atoms with Crippen LogP contribution in [0.1, 0.15) is 23.3 Å². The summed E-state index contributed by atoms with van der Waals surface area (Å²) in [5.74, 6) is -0.452. The Labute approximate surface area is 245 Å². The summed E-state index contributed by atoms with van der Waals surface area (Å²) < 4.78 is 84.4. The predicted molar refractivity (Wildman–Crippen MR) is 147 cm³/mol. The molecular formula is C28H25F6N3O3S2. The van der Waals surface area contributed by atoms with Gasteiger partial charge in [0.25, 0.3) is 0 Å². The molecule has 0 bridgehead atoms.